The highest BCUT2D eigenvalue weighted by Gasteiger charge is 2.19. The molecule has 1 aromatic carbocycles. The van der Waals surface area contributed by atoms with Gasteiger partial charge in [-0.15, -0.1) is 0 Å². The minimum atomic E-state index is -0.614. The lowest BCUT2D eigenvalue weighted by molar-refractivity contribution is 0.113. The molecule has 0 heterocycles. The third kappa shape index (κ3) is 4.84. The molecule has 0 saturated carbocycles. The Bertz CT molecular complexity index is 300. The first-order chi connectivity index (χ1) is 7.76. The monoisotopic (exact) mass is 239 g/mol. The molecular formula is C13H19O2S+. The Balaban J connectivity index is 2.37. The minimum absolute atomic E-state index is 0.00802. The molecule has 0 spiro atoms. The molecule has 0 aliphatic rings. The highest BCUT2D eigenvalue weighted by molar-refractivity contribution is 7.99. The van der Waals surface area contributed by atoms with E-state index in [0.29, 0.717) is 5.75 Å². The molecule has 0 amide bonds. The molecule has 0 radical (unpaired) electrons. The topological polar surface area (TPSA) is 40.5 Å². The molecule has 0 fully saturated rings. The summed E-state index contributed by atoms with van der Waals surface area (Å²) in [5, 5.41) is 20.0. The van der Waals surface area contributed by atoms with Crippen LogP contribution in [0, 0.1) is 0 Å². The minimum Gasteiger partial charge on any atom is -0.393 e. The quantitative estimate of drug-likeness (QED) is 0.705. The van der Waals surface area contributed by atoms with Crippen molar-refractivity contribution >= 4 is 10.9 Å². The van der Waals surface area contributed by atoms with Crippen LogP contribution < -0.4 is 0 Å². The van der Waals surface area contributed by atoms with Gasteiger partial charge in [-0.1, -0.05) is 36.9 Å². The summed E-state index contributed by atoms with van der Waals surface area (Å²) in [5.41, 5.74) is 1.31. The molecule has 0 bridgehead atoms. The van der Waals surface area contributed by atoms with Gasteiger partial charge in [-0.25, -0.2) is 0 Å². The van der Waals surface area contributed by atoms with Crippen molar-refractivity contribution in [2.24, 2.45) is 0 Å². The van der Waals surface area contributed by atoms with E-state index < -0.39 is 6.10 Å². The van der Waals surface area contributed by atoms with E-state index in [1.165, 1.54) is 5.56 Å². The van der Waals surface area contributed by atoms with Crippen molar-refractivity contribution in [3.63, 3.8) is 0 Å². The predicted octanol–water partition coefficient (Wildman–Crippen LogP) is 1.34. The number of hydrogen-bond acceptors (Lipinski definition) is 2. The van der Waals surface area contributed by atoms with Crippen molar-refractivity contribution in [3.05, 3.63) is 47.9 Å². The standard InChI is InChI=1S/C13H19O2S/c1-2-16(11-13(15)10-14)9-8-12-6-4-3-5-7-12/h2-7,13-15H,1,8-11H2/q+1. The highest BCUT2D eigenvalue weighted by atomic mass is 32.2. The maximum absolute atomic E-state index is 9.37. The van der Waals surface area contributed by atoms with Crippen LogP contribution in [-0.4, -0.2) is 34.4 Å². The van der Waals surface area contributed by atoms with Crippen LogP contribution in [0.15, 0.2) is 42.3 Å². The molecule has 2 unspecified atom stereocenters. The van der Waals surface area contributed by atoms with Crippen LogP contribution in [0.1, 0.15) is 5.56 Å². The summed E-state index contributed by atoms with van der Waals surface area (Å²) in [4.78, 5) is 0. The van der Waals surface area contributed by atoms with Crippen molar-refractivity contribution in [1.29, 1.82) is 0 Å². The molecule has 2 nitrogen and oxygen atoms in total. The van der Waals surface area contributed by atoms with Gasteiger partial charge in [-0.3, -0.25) is 0 Å². The molecule has 88 valence electrons. The summed E-state index contributed by atoms with van der Waals surface area (Å²) in [7, 11) is -0.00802. The first-order valence-corrected chi connectivity index (χ1v) is 7.00. The van der Waals surface area contributed by atoms with Gasteiger partial charge in [0.05, 0.1) is 6.61 Å². The number of rotatable bonds is 7. The second-order valence-electron chi connectivity index (χ2n) is 3.65. The highest BCUT2D eigenvalue weighted by Crippen LogP contribution is 2.07. The molecule has 1 aromatic rings. The van der Waals surface area contributed by atoms with E-state index in [9.17, 15) is 5.11 Å². The van der Waals surface area contributed by atoms with Crippen LogP contribution >= 0.6 is 0 Å². The molecular weight excluding hydrogens is 220 g/mol. The van der Waals surface area contributed by atoms with E-state index in [4.69, 9.17) is 5.11 Å². The lowest BCUT2D eigenvalue weighted by Crippen LogP contribution is -2.25. The molecule has 3 heteroatoms. The second kappa shape index (κ2) is 7.49. The second-order valence-corrected chi connectivity index (χ2v) is 5.80. The fraction of sp³-hybridized carbons (Fsp3) is 0.385. The number of aryl methyl sites for hydroxylation is 1. The Hall–Kier alpha value is -0.770. The fourth-order valence-corrected chi connectivity index (χ4v) is 3.00. The third-order valence-electron chi connectivity index (χ3n) is 2.35. The SMILES string of the molecule is C=C[S+](CCc1ccccc1)CC(O)CO. The van der Waals surface area contributed by atoms with Crippen LogP contribution in [0.4, 0.5) is 0 Å². The van der Waals surface area contributed by atoms with Gasteiger partial charge < -0.3 is 10.2 Å². The fourth-order valence-electron chi connectivity index (χ4n) is 1.43. The molecule has 16 heavy (non-hydrogen) atoms. The zero-order valence-electron chi connectivity index (χ0n) is 9.38. The molecule has 0 aliphatic carbocycles. The van der Waals surface area contributed by atoms with Gasteiger partial charge in [0.1, 0.15) is 23.0 Å². The molecule has 0 saturated heterocycles. The van der Waals surface area contributed by atoms with Gasteiger partial charge in [0.2, 0.25) is 0 Å². The Kier molecular flexibility index (Phi) is 6.23. The van der Waals surface area contributed by atoms with Crippen LogP contribution in [0.25, 0.3) is 0 Å². The zero-order chi connectivity index (χ0) is 11.8. The smallest absolute Gasteiger partial charge is 0.141 e. The number of aliphatic hydroxyl groups is 2. The maximum atomic E-state index is 9.37. The van der Waals surface area contributed by atoms with E-state index in [2.05, 4.69) is 18.7 Å². The van der Waals surface area contributed by atoms with Crippen molar-refractivity contribution in [3.8, 4) is 0 Å². The van der Waals surface area contributed by atoms with Crippen LogP contribution in [0.3, 0.4) is 0 Å². The lowest BCUT2D eigenvalue weighted by Gasteiger charge is -2.07. The summed E-state index contributed by atoms with van der Waals surface area (Å²) in [6.45, 7) is 3.62. The number of benzene rings is 1. The van der Waals surface area contributed by atoms with Crippen molar-refractivity contribution < 1.29 is 10.2 Å². The van der Waals surface area contributed by atoms with Gasteiger partial charge in [0.15, 0.2) is 0 Å². The Morgan fingerprint density at radius 3 is 2.56 bits per heavy atom. The summed E-state index contributed by atoms with van der Waals surface area (Å²) in [6.07, 6.45) is 0.380. The largest absolute Gasteiger partial charge is 0.393 e. The third-order valence-corrected chi connectivity index (χ3v) is 4.36. The van der Waals surface area contributed by atoms with E-state index in [1.807, 2.05) is 23.6 Å². The Morgan fingerprint density at radius 1 is 1.31 bits per heavy atom. The average Bonchev–Trinajstić information content (AvgIpc) is 2.35. The van der Waals surface area contributed by atoms with E-state index >= 15 is 0 Å². The summed E-state index contributed by atoms with van der Waals surface area (Å²) < 4.78 is 0. The first-order valence-electron chi connectivity index (χ1n) is 5.38. The Labute approximate surface area is 100.0 Å². The molecule has 1 rings (SSSR count). The van der Waals surface area contributed by atoms with E-state index in [1.54, 1.807) is 0 Å². The molecule has 0 aliphatic heterocycles. The average molecular weight is 239 g/mol. The van der Waals surface area contributed by atoms with Gasteiger partial charge in [0.25, 0.3) is 0 Å². The summed E-state index contributed by atoms with van der Waals surface area (Å²) >= 11 is 0. The van der Waals surface area contributed by atoms with Crippen molar-refractivity contribution in [2.45, 2.75) is 12.5 Å². The van der Waals surface area contributed by atoms with Gasteiger partial charge in [-0.2, -0.15) is 0 Å². The number of hydrogen-bond donors (Lipinski definition) is 2. The van der Waals surface area contributed by atoms with Crippen molar-refractivity contribution in [1.82, 2.24) is 0 Å². The zero-order valence-corrected chi connectivity index (χ0v) is 10.2. The normalized spacial score (nSPS) is 14.4. The van der Waals surface area contributed by atoms with Crippen molar-refractivity contribution in [2.75, 3.05) is 18.1 Å². The van der Waals surface area contributed by atoms with Crippen LogP contribution in [0.5, 0.6) is 0 Å². The first kappa shape index (κ1) is 13.3. The van der Waals surface area contributed by atoms with E-state index in [0.717, 1.165) is 12.2 Å². The summed E-state index contributed by atoms with van der Waals surface area (Å²) in [5.74, 6) is 1.61. The van der Waals surface area contributed by atoms with Gasteiger partial charge >= 0.3 is 0 Å². The molecule has 0 aromatic heterocycles. The predicted molar refractivity (Wildman–Crippen MR) is 70.5 cm³/mol. The van der Waals surface area contributed by atoms with Gasteiger partial charge in [-0.05, 0) is 5.56 Å². The van der Waals surface area contributed by atoms with Crippen LogP contribution in [-0.2, 0) is 17.3 Å². The number of aliphatic hydroxyl groups excluding tert-OH is 2. The summed E-state index contributed by atoms with van der Waals surface area (Å²) in [6, 6.07) is 10.3. The Morgan fingerprint density at radius 2 is 2.00 bits per heavy atom. The van der Waals surface area contributed by atoms with E-state index in [-0.39, 0.29) is 17.5 Å². The van der Waals surface area contributed by atoms with Gasteiger partial charge in [0, 0.05) is 17.3 Å². The lowest BCUT2D eigenvalue weighted by atomic mass is 10.2. The van der Waals surface area contributed by atoms with Crippen LogP contribution in [0.2, 0.25) is 0 Å². The molecule has 2 N–H and O–H groups in total. The maximum Gasteiger partial charge on any atom is 0.141 e. The molecule has 2 atom stereocenters.